The molecule has 0 amide bonds. The van der Waals surface area contributed by atoms with Crippen molar-refractivity contribution in [2.24, 2.45) is 0 Å². The van der Waals surface area contributed by atoms with E-state index in [9.17, 15) is 8.42 Å². The van der Waals surface area contributed by atoms with Gasteiger partial charge in [0.25, 0.3) is 0 Å². The van der Waals surface area contributed by atoms with E-state index in [4.69, 9.17) is 5.73 Å². The standard InChI is InChI=1S/C14H19N3O2S/c1-16-5-7-17(8-6-16)9-11-10-20(18,19)14-12(11)3-2-4-13(14)15/h2-4,10H,5-9,15H2,1H3. The summed E-state index contributed by atoms with van der Waals surface area (Å²) in [5, 5.41) is 1.38. The summed E-state index contributed by atoms with van der Waals surface area (Å²) < 4.78 is 24.4. The summed E-state index contributed by atoms with van der Waals surface area (Å²) in [5.74, 6) is 0. The van der Waals surface area contributed by atoms with E-state index in [2.05, 4.69) is 16.8 Å². The highest BCUT2D eigenvalue weighted by Crippen LogP contribution is 2.37. The SMILES string of the molecule is CN1CCN(CC2=CS(=O)(=O)c3c(N)cccc32)CC1. The summed E-state index contributed by atoms with van der Waals surface area (Å²) in [5.41, 5.74) is 7.79. The number of nitrogen functional groups attached to an aromatic ring is 1. The molecule has 0 spiro atoms. The third-order valence-electron chi connectivity index (χ3n) is 3.96. The molecule has 1 aromatic rings. The van der Waals surface area contributed by atoms with Gasteiger partial charge in [0.1, 0.15) is 4.90 Å². The molecule has 0 saturated carbocycles. The minimum absolute atomic E-state index is 0.282. The monoisotopic (exact) mass is 293 g/mol. The van der Waals surface area contributed by atoms with Gasteiger partial charge in [-0.25, -0.2) is 8.42 Å². The highest BCUT2D eigenvalue weighted by Gasteiger charge is 2.30. The summed E-state index contributed by atoms with van der Waals surface area (Å²) in [6.45, 7) is 4.63. The van der Waals surface area contributed by atoms with Crippen LogP contribution in [0.15, 0.2) is 28.5 Å². The molecule has 6 heteroatoms. The summed E-state index contributed by atoms with van der Waals surface area (Å²) in [6, 6.07) is 5.30. The highest BCUT2D eigenvalue weighted by molar-refractivity contribution is 7.95. The minimum atomic E-state index is -3.37. The normalized spacial score (nSPS) is 22.6. The Hall–Kier alpha value is -1.37. The molecule has 2 N–H and O–H groups in total. The average molecular weight is 293 g/mol. The summed E-state index contributed by atoms with van der Waals surface area (Å²) in [4.78, 5) is 4.85. The maximum atomic E-state index is 12.2. The van der Waals surface area contributed by atoms with Gasteiger partial charge in [0.15, 0.2) is 0 Å². The average Bonchev–Trinajstić information content (AvgIpc) is 2.65. The second-order valence-electron chi connectivity index (χ2n) is 5.49. The molecule has 2 heterocycles. The van der Waals surface area contributed by atoms with Crippen LogP contribution in [-0.4, -0.2) is 58.0 Å². The van der Waals surface area contributed by atoms with Gasteiger partial charge in [-0.3, -0.25) is 4.90 Å². The quantitative estimate of drug-likeness (QED) is 0.811. The van der Waals surface area contributed by atoms with Gasteiger partial charge in [0.05, 0.1) is 5.69 Å². The largest absolute Gasteiger partial charge is 0.398 e. The van der Waals surface area contributed by atoms with Gasteiger partial charge >= 0.3 is 0 Å². The van der Waals surface area contributed by atoms with Crippen molar-refractivity contribution in [3.8, 4) is 0 Å². The fraction of sp³-hybridized carbons (Fsp3) is 0.429. The third kappa shape index (κ3) is 2.34. The van der Waals surface area contributed by atoms with E-state index in [-0.39, 0.29) is 4.90 Å². The number of nitrogens with zero attached hydrogens (tertiary/aromatic N) is 2. The second-order valence-corrected chi connectivity index (χ2v) is 7.23. The Labute approximate surface area is 119 Å². The van der Waals surface area contributed by atoms with Crippen molar-refractivity contribution in [1.82, 2.24) is 9.80 Å². The lowest BCUT2D eigenvalue weighted by Gasteiger charge is -2.32. The van der Waals surface area contributed by atoms with Crippen LogP contribution in [0.1, 0.15) is 5.56 Å². The molecule has 20 heavy (non-hydrogen) atoms. The Kier molecular flexibility index (Phi) is 3.32. The molecule has 1 fully saturated rings. The van der Waals surface area contributed by atoms with E-state index in [1.54, 1.807) is 6.07 Å². The molecule has 0 radical (unpaired) electrons. The lowest BCUT2D eigenvalue weighted by Crippen LogP contribution is -2.44. The van der Waals surface area contributed by atoms with E-state index in [1.165, 1.54) is 5.41 Å². The molecule has 0 aromatic heterocycles. The Bertz CT molecular complexity index is 659. The lowest BCUT2D eigenvalue weighted by molar-refractivity contribution is 0.168. The first-order valence-electron chi connectivity index (χ1n) is 6.73. The van der Waals surface area contributed by atoms with Crippen LogP contribution in [-0.2, 0) is 9.84 Å². The smallest absolute Gasteiger partial charge is 0.202 e. The van der Waals surface area contributed by atoms with Crippen LogP contribution in [0.5, 0.6) is 0 Å². The third-order valence-corrected chi connectivity index (χ3v) is 5.58. The molecule has 0 bridgehead atoms. The van der Waals surface area contributed by atoms with Gasteiger partial charge in [-0.2, -0.15) is 0 Å². The molecule has 1 saturated heterocycles. The molecule has 2 aliphatic rings. The van der Waals surface area contributed by atoms with Crippen LogP contribution in [0, 0.1) is 0 Å². The first-order chi connectivity index (χ1) is 9.47. The molecular formula is C14H19N3O2S. The molecule has 2 aliphatic heterocycles. The van der Waals surface area contributed by atoms with Crippen molar-refractivity contribution in [3.05, 3.63) is 29.2 Å². The number of sulfone groups is 1. The van der Waals surface area contributed by atoms with Crippen molar-refractivity contribution in [1.29, 1.82) is 0 Å². The van der Waals surface area contributed by atoms with Crippen LogP contribution in [0.3, 0.4) is 0 Å². The maximum absolute atomic E-state index is 12.2. The fourth-order valence-corrected chi connectivity index (χ4v) is 4.40. The summed E-state index contributed by atoms with van der Waals surface area (Å²) >= 11 is 0. The van der Waals surface area contributed by atoms with Crippen LogP contribution in [0.2, 0.25) is 0 Å². The van der Waals surface area contributed by atoms with Gasteiger partial charge in [0.2, 0.25) is 9.84 Å². The molecular weight excluding hydrogens is 274 g/mol. The molecule has 3 rings (SSSR count). The fourth-order valence-electron chi connectivity index (χ4n) is 2.80. The minimum Gasteiger partial charge on any atom is -0.398 e. The highest BCUT2D eigenvalue weighted by atomic mass is 32.2. The topological polar surface area (TPSA) is 66.6 Å². The van der Waals surface area contributed by atoms with Gasteiger partial charge in [-0.05, 0) is 18.7 Å². The number of rotatable bonds is 2. The van der Waals surface area contributed by atoms with Crippen molar-refractivity contribution in [2.45, 2.75) is 4.90 Å². The number of likely N-dealkylation sites (N-methyl/N-ethyl adjacent to an activating group) is 1. The Balaban J connectivity index is 1.88. The molecule has 0 aliphatic carbocycles. The number of fused-ring (bicyclic) bond motifs is 1. The predicted molar refractivity (Wildman–Crippen MR) is 80.0 cm³/mol. The number of nitrogens with two attached hydrogens (primary N) is 1. The van der Waals surface area contributed by atoms with E-state index in [0.717, 1.165) is 37.3 Å². The predicted octanol–water partition coefficient (Wildman–Crippen LogP) is 0.644. The first-order valence-corrected chi connectivity index (χ1v) is 8.27. The van der Waals surface area contributed by atoms with Gasteiger partial charge in [-0.15, -0.1) is 0 Å². The van der Waals surface area contributed by atoms with Gasteiger partial charge in [0, 0.05) is 43.7 Å². The zero-order chi connectivity index (χ0) is 14.3. The van der Waals surface area contributed by atoms with Crippen LogP contribution >= 0.6 is 0 Å². The Morgan fingerprint density at radius 3 is 2.60 bits per heavy atom. The summed E-state index contributed by atoms with van der Waals surface area (Å²) in [7, 11) is -1.27. The number of hydrogen-bond acceptors (Lipinski definition) is 5. The Morgan fingerprint density at radius 1 is 1.20 bits per heavy atom. The molecule has 108 valence electrons. The van der Waals surface area contributed by atoms with Gasteiger partial charge in [-0.1, -0.05) is 12.1 Å². The number of anilines is 1. The second kappa shape index (κ2) is 4.87. The van der Waals surface area contributed by atoms with Crippen molar-refractivity contribution in [2.75, 3.05) is 45.5 Å². The molecule has 0 unspecified atom stereocenters. The lowest BCUT2D eigenvalue weighted by atomic mass is 10.1. The van der Waals surface area contributed by atoms with Crippen molar-refractivity contribution < 1.29 is 8.42 Å². The molecule has 5 nitrogen and oxygen atoms in total. The zero-order valence-corrected chi connectivity index (χ0v) is 12.4. The number of piperazine rings is 1. The van der Waals surface area contributed by atoms with Gasteiger partial charge < -0.3 is 10.6 Å². The summed E-state index contributed by atoms with van der Waals surface area (Å²) in [6.07, 6.45) is 0. The van der Waals surface area contributed by atoms with Crippen molar-refractivity contribution in [3.63, 3.8) is 0 Å². The maximum Gasteiger partial charge on any atom is 0.202 e. The van der Waals surface area contributed by atoms with E-state index in [1.807, 2.05) is 12.1 Å². The Morgan fingerprint density at radius 2 is 1.90 bits per heavy atom. The van der Waals surface area contributed by atoms with Crippen LogP contribution in [0.4, 0.5) is 5.69 Å². The number of hydrogen-bond donors (Lipinski definition) is 1. The van der Waals surface area contributed by atoms with E-state index >= 15 is 0 Å². The zero-order valence-electron chi connectivity index (χ0n) is 11.5. The van der Waals surface area contributed by atoms with E-state index < -0.39 is 9.84 Å². The van der Waals surface area contributed by atoms with E-state index in [0.29, 0.717) is 12.2 Å². The van der Waals surface area contributed by atoms with Crippen molar-refractivity contribution >= 4 is 21.1 Å². The molecule has 1 aromatic carbocycles. The first kappa shape index (κ1) is 13.6. The van der Waals surface area contributed by atoms with Crippen LogP contribution in [0.25, 0.3) is 5.57 Å². The molecule has 0 atom stereocenters. The van der Waals surface area contributed by atoms with Crippen LogP contribution < -0.4 is 5.73 Å². The number of benzene rings is 1.